The van der Waals surface area contributed by atoms with Crippen molar-refractivity contribution in [2.24, 2.45) is 0 Å². The minimum atomic E-state index is 0.370. The molecule has 4 aromatic carbocycles. The number of rotatable bonds is 5. The van der Waals surface area contributed by atoms with Crippen LogP contribution < -0.4 is 5.32 Å². The zero-order chi connectivity index (χ0) is 20.9. The summed E-state index contributed by atoms with van der Waals surface area (Å²) in [5.74, 6) is 0.370. The third-order valence-corrected chi connectivity index (χ3v) is 6.50. The van der Waals surface area contributed by atoms with Crippen LogP contribution in [0.15, 0.2) is 109 Å². The maximum atomic E-state index is 3.81. The van der Waals surface area contributed by atoms with Crippen molar-refractivity contribution in [1.29, 1.82) is 0 Å². The summed E-state index contributed by atoms with van der Waals surface area (Å²) in [7, 11) is 0. The zero-order valence-electron chi connectivity index (χ0n) is 17.9. The van der Waals surface area contributed by atoms with Gasteiger partial charge in [-0.2, -0.15) is 0 Å². The van der Waals surface area contributed by atoms with E-state index in [4.69, 9.17) is 0 Å². The van der Waals surface area contributed by atoms with Gasteiger partial charge in [0.05, 0.1) is 0 Å². The van der Waals surface area contributed by atoms with Crippen molar-refractivity contribution in [3.63, 3.8) is 0 Å². The lowest BCUT2D eigenvalue weighted by atomic mass is 9.81. The van der Waals surface area contributed by atoms with Crippen LogP contribution in [0.1, 0.15) is 36.3 Å². The molecule has 1 N–H and O–H groups in total. The van der Waals surface area contributed by atoms with Gasteiger partial charge in [-0.25, -0.2) is 0 Å². The molecule has 5 rings (SSSR count). The summed E-state index contributed by atoms with van der Waals surface area (Å²) in [6.45, 7) is 1.12. The number of benzene rings is 4. The predicted octanol–water partition coefficient (Wildman–Crippen LogP) is 7.29. The van der Waals surface area contributed by atoms with E-state index in [1.165, 1.54) is 52.6 Å². The second-order valence-corrected chi connectivity index (χ2v) is 8.51. The van der Waals surface area contributed by atoms with Gasteiger partial charge in [-0.3, -0.25) is 0 Å². The van der Waals surface area contributed by atoms with Crippen LogP contribution >= 0.6 is 0 Å². The smallest absolute Gasteiger partial charge is 0.0243 e. The number of piperidine rings is 1. The molecule has 1 fully saturated rings. The quantitative estimate of drug-likeness (QED) is 0.369. The van der Waals surface area contributed by atoms with Gasteiger partial charge in [0.2, 0.25) is 0 Å². The molecule has 1 heterocycles. The highest BCUT2D eigenvalue weighted by Crippen LogP contribution is 2.34. The van der Waals surface area contributed by atoms with Gasteiger partial charge in [-0.05, 0) is 52.8 Å². The highest BCUT2D eigenvalue weighted by Gasteiger charge is 2.26. The molecule has 1 nitrogen and oxygen atoms in total. The average Bonchev–Trinajstić information content (AvgIpc) is 2.87. The first-order valence-corrected chi connectivity index (χ1v) is 11.4. The van der Waals surface area contributed by atoms with Crippen molar-refractivity contribution in [2.75, 3.05) is 6.54 Å². The van der Waals surface area contributed by atoms with E-state index in [2.05, 4.69) is 115 Å². The molecule has 1 aliphatic rings. The van der Waals surface area contributed by atoms with Crippen molar-refractivity contribution in [3.05, 3.63) is 120 Å². The lowest BCUT2D eigenvalue weighted by Gasteiger charge is -2.32. The standard InChI is InChI=1S/C30H29N/c1-3-9-23(10-4-1)25-14-18-27(19-15-25)30(29-13-7-8-22-31-29)28-20-16-26(17-21-28)24-11-5-2-6-12-24/h1-6,9-12,14-21,29-31H,7-8,13,22H2/t29-/m1/s1. The van der Waals surface area contributed by atoms with Gasteiger partial charge in [0, 0.05) is 12.0 Å². The second-order valence-electron chi connectivity index (χ2n) is 8.51. The Morgan fingerprint density at radius 2 is 0.968 bits per heavy atom. The highest BCUT2D eigenvalue weighted by molar-refractivity contribution is 5.65. The largest absolute Gasteiger partial charge is 0.313 e. The van der Waals surface area contributed by atoms with Gasteiger partial charge in [0.25, 0.3) is 0 Å². The molecule has 1 saturated heterocycles. The van der Waals surface area contributed by atoms with Crippen molar-refractivity contribution >= 4 is 0 Å². The molecule has 0 saturated carbocycles. The highest BCUT2D eigenvalue weighted by atomic mass is 14.9. The van der Waals surface area contributed by atoms with Gasteiger partial charge in [-0.15, -0.1) is 0 Å². The maximum absolute atomic E-state index is 3.81. The molecule has 1 heteroatoms. The minimum Gasteiger partial charge on any atom is -0.313 e. The average molecular weight is 404 g/mol. The minimum absolute atomic E-state index is 0.370. The van der Waals surface area contributed by atoms with Gasteiger partial charge in [-0.1, -0.05) is 116 Å². The molecule has 0 aliphatic carbocycles. The topological polar surface area (TPSA) is 12.0 Å². The molecule has 0 aromatic heterocycles. The number of nitrogens with one attached hydrogen (secondary N) is 1. The van der Waals surface area contributed by atoms with Crippen LogP contribution in [0.5, 0.6) is 0 Å². The third-order valence-electron chi connectivity index (χ3n) is 6.50. The Bertz CT molecular complexity index is 994. The molecule has 0 amide bonds. The first kappa shape index (κ1) is 19.8. The summed E-state index contributed by atoms with van der Waals surface area (Å²) in [6, 6.07) is 40.2. The van der Waals surface area contributed by atoms with E-state index in [1.54, 1.807) is 0 Å². The third kappa shape index (κ3) is 4.47. The fraction of sp³-hybridized carbons (Fsp3) is 0.200. The first-order valence-electron chi connectivity index (χ1n) is 11.4. The molecular formula is C30H29N. The zero-order valence-corrected chi connectivity index (χ0v) is 17.9. The molecule has 0 unspecified atom stereocenters. The van der Waals surface area contributed by atoms with E-state index in [-0.39, 0.29) is 0 Å². The summed E-state index contributed by atoms with van der Waals surface area (Å²) < 4.78 is 0. The molecule has 0 bridgehead atoms. The fourth-order valence-electron chi connectivity index (χ4n) is 4.85. The van der Waals surface area contributed by atoms with Crippen LogP contribution in [-0.2, 0) is 0 Å². The molecule has 0 spiro atoms. The summed E-state index contributed by atoms with van der Waals surface area (Å²) >= 11 is 0. The Labute approximate surface area is 185 Å². The lowest BCUT2D eigenvalue weighted by Crippen LogP contribution is -2.39. The van der Waals surface area contributed by atoms with Crippen LogP contribution in [0.2, 0.25) is 0 Å². The molecular weight excluding hydrogens is 374 g/mol. The number of hydrogen-bond donors (Lipinski definition) is 1. The van der Waals surface area contributed by atoms with E-state index in [1.807, 2.05) is 0 Å². The lowest BCUT2D eigenvalue weighted by molar-refractivity contribution is 0.372. The predicted molar refractivity (Wildman–Crippen MR) is 131 cm³/mol. The van der Waals surface area contributed by atoms with Crippen molar-refractivity contribution < 1.29 is 0 Å². The normalized spacial score (nSPS) is 16.4. The monoisotopic (exact) mass is 403 g/mol. The summed E-state index contributed by atoms with van der Waals surface area (Å²) in [5, 5.41) is 3.81. The van der Waals surface area contributed by atoms with Crippen LogP contribution in [-0.4, -0.2) is 12.6 Å². The van der Waals surface area contributed by atoms with Gasteiger partial charge < -0.3 is 5.32 Å². The van der Waals surface area contributed by atoms with E-state index >= 15 is 0 Å². The van der Waals surface area contributed by atoms with E-state index in [9.17, 15) is 0 Å². The summed E-state index contributed by atoms with van der Waals surface area (Å²) in [6.07, 6.45) is 3.81. The van der Waals surface area contributed by atoms with Crippen molar-refractivity contribution in [2.45, 2.75) is 31.2 Å². The van der Waals surface area contributed by atoms with Gasteiger partial charge >= 0.3 is 0 Å². The van der Waals surface area contributed by atoms with E-state index in [0.717, 1.165) is 6.54 Å². The Morgan fingerprint density at radius 1 is 0.516 bits per heavy atom. The molecule has 154 valence electrons. The van der Waals surface area contributed by atoms with Crippen molar-refractivity contribution in [1.82, 2.24) is 5.32 Å². The van der Waals surface area contributed by atoms with Crippen LogP contribution in [0.4, 0.5) is 0 Å². The Morgan fingerprint density at radius 3 is 1.39 bits per heavy atom. The van der Waals surface area contributed by atoms with Crippen LogP contribution in [0, 0.1) is 0 Å². The van der Waals surface area contributed by atoms with E-state index in [0.29, 0.717) is 12.0 Å². The SMILES string of the molecule is c1ccc(-c2ccc(C(c3ccc(-c4ccccc4)cc3)[C@H]3CCCCN3)cc2)cc1. The molecule has 1 atom stereocenters. The van der Waals surface area contributed by atoms with Crippen LogP contribution in [0.3, 0.4) is 0 Å². The van der Waals surface area contributed by atoms with Crippen molar-refractivity contribution in [3.8, 4) is 22.3 Å². The Kier molecular flexibility index (Phi) is 5.95. The molecule has 1 aliphatic heterocycles. The Balaban J connectivity index is 1.47. The molecule has 31 heavy (non-hydrogen) atoms. The fourth-order valence-corrected chi connectivity index (χ4v) is 4.85. The number of hydrogen-bond acceptors (Lipinski definition) is 1. The Hall–Kier alpha value is -3.16. The molecule has 4 aromatic rings. The van der Waals surface area contributed by atoms with Gasteiger partial charge in [0.1, 0.15) is 0 Å². The maximum Gasteiger partial charge on any atom is 0.0243 e. The summed E-state index contributed by atoms with van der Waals surface area (Å²) in [5.41, 5.74) is 7.89. The first-order chi connectivity index (χ1) is 15.4. The summed E-state index contributed by atoms with van der Waals surface area (Å²) in [4.78, 5) is 0. The van der Waals surface area contributed by atoms with Gasteiger partial charge in [0.15, 0.2) is 0 Å². The van der Waals surface area contributed by atoms with Crippen LogP contribution in [0.25, 0.3) is 22.3 Å². The second kappa shape index (κ2) is 9.32. The molecule has 0 radical (unpaired) electrons. The van der Waals surface area contributed by atoms with E-state index < -0.39 is 0 Å².